The van der Waals surface area contributed by atoms with Crippen LogP contribution in [0.5, 0.6) is 17.2 Å². The Morgan fingerprint density at radius 2 is 1.87 bits per heavy atom. The Morgan fingerprint density at radius 3 is 2.60 bits per heavy atom. The predicted molar refractivity (Wildman–Crippen MR) is 114 cm³/mol. The Kier molecular flexibility index (Phi) is 7.04. The van der Waals surface area contributed by atoms with Crippen molar-refractivity contribution in [2.45, 2.75) is 19.8 Å². The molecule has 30 heavy (non-hydrogen) atoms. The highest BCUT2D eigenvalue weighted by atomic mass is 32.2. The summed E-state index contributed by atoms with van der Waals surface area (Å²) >= 11 is 0. The molecule has 1 amide bonds. The van der Waals surface area contributed by atoms with Gasteiger partial charge in [-0.05, 0) is 37.6 Å². The Labute approximate surface area is 176 Å². The fourth-order valence-electron chi connectivity index (χ4n) is 2.99. The summed E-state index contributed by atoms with van der Waals surface area (Å²) in [6.07, 6.45) is 1.73. The van der Waals surface area contributed by atoms with E-state index >= 15 is 0 Å². The molecule has 0 radical (unpaired) electrons. The minimum atomic E-state index is -3.50. The quantitative estimate of drug-likeness (QED) is 0.578. The fraction of sp³-hybridized carbons (Fsp3) is 0.381. The summed E-state index contributed by atoms with van der Waals surface area (Å²) in [5, 5.41) is 2.78. The van der Waals surface area contributed by atoms with Gasteiger partial charge in [0.25, 0.3) is 0 Å². The highest BCUT2D eigenvalue weighted by Crippen LogP contribution is 2.36. The topological polar surface area (TPSA) is 94.2 Å². The number of amides is 1. The van der Waals surface area contributed by atoms with E-state index in [-0.39, 0.29) is 25.7 Å². The van der Waals surface area contributed by atoms with E-state index in [1.807, 2.05) is 31.2 Å². The summed E-state index contributed by atoms with van der Waals surface area (Å²) < 4.78 is 41.8. The molecule has 1 N–H and O–H groups in total. The molecule has 0 unspecified atom stereocenters. The number of carbonyl (C=O) groups is 1. The number of hydrogen-bond donors (Lipinski definition) is 1. The second-order valence-corrected chi connectivity index (χ2v) is 8.89. The summed E-state index contributed by atoms with van der Waals surface area (Å²) in [5.41, 5.74) is 1.63. The van der Waals surface area contributed by atoms with Crippen molar-refractivity contribution in [1.82, 2.24) is 5.32 Å². The van der Waals surface area contributed by atoms with Crippen LogP contribution in [-0.4, -0.2) is 47.1 Å². The van der Waals surface area contributed by atoms with Crippen LogP contribution in [0.25, 0.3) is 0 Å². The van der Waals surface area contributed by atoms with E-state index in [4.69, 9.17) is 14.2 Å². The minimum absolute atomic E-state index is 0.117. The van der Waals surface area contributed by atoms with Crippen LogP contribution in [0, 0.1) is 6.92 Å². The first-order chi connectivity index (χ1) is 14.3. The third-order valence-electron chi connectivity index (χ3n) is 4.52. The van der Waals surface area contributed by atoms with E-state index in [2.05, 4.69) is 5.32 Å². The maximum atomic E-state index is 12.2. The van der Waals surface area contributed by atoms with Crippen molar-refractivity contribution in [3.05, 3.63) is 48.0 Å². The summed E-state index contributed by atoms with van der Waals surface area (Å²) in [4.78, 5) is 12.0. The van der Waals surface area contributed by atoms with Crippen molar-refractivity contribution < 1.29 is 27.4 Å². The summed E-state index contributed by atoms with van der Waals surface area (Å²) in [7, 11) is -3.50. The van der Waals surface area contributed by atoms with E-state index in [1.165, 1.54) is 4.31 Å². The van der Waals surface area contributed by atoms with Crippen molar-refractivity contribution in [3.63, 3.8) is 0 Å². The zero-order valence-corrected chi connectivity index (χ0v) is 17.9. The van der Waals surface area contributed by atoms with Gasteiger partial charge in [0.05, 0.1) is 18.5 Å². The van der Waals surface area contributed by atoms with Gasteiger partial charge in [-0.3, -0.25) is 9.10 Å². The largest absolute Gasteiger partial charge is 0.492 e. The van der Waals surface area contributed by atoms with Gasteiger partial charge in [0.2, 0.25) is 22.7 Å². The van der Waals surface area contributed by atoms with E-state index in [0.717, 1.165) is 17.6 Å². The average Bonchev–Trinajstić information content (AvgIpc) is 3.17. The highest BCUT2D eigenvalue weighted by Gasteiger charge is 2.21. The Morgan fingerprint density at radius 1 is 1.13 bits per heavy atom. The Balaban J connectivity index is 1.43. The molecule has 162 valence electrons. The Bertz CT molecular complexity index is 975. The van der Waals surface area contributed by atoms with E-state index in [1.54, 1.807) is 18.2 Å². The van der Waals surface area contributed by atoms with Crippen molar-refractivity contribution in [3.8, 4) is 17.2 Å². The molecule has 9 heteroatoms. The average molecular weight is 435 g/mol. The number of fused-ring (bicyclic) bond motifs is 1. The number of nitrogens with zero attached hydrogens (tertiary/aromatic N) is 1. The minimum Gasteiger partial charge on any atom is -0.492 e. The van der Waals surface area contributed by atoms with Crippen LogP contribution in [0.15, 0.2) is 42.5 Å². The van der Waals surface area contributed by atoms with Crippen molar-refractivity contribution in [2.24, 2.45) is 0 Å². The highest BCUT2D eigenvalue weighted by molar-refractivity contribution is 7.92. The van der Waals surface area contributed by atoms with Gasteiger partial charge >= 0.3 is 0 Å². The fourth-order valence-corrected chi connectivity index (χ4v) is 3.95. The number of aryl methyl sites for hydroxylation is 1. The van der Waals surface area contributed by atoms with Crippen LogP contribution < -0.4 is 23.8 Å². The number of benzene rings is 2. The van der Waals surface area contributed by atoms with Crippen LogP contribution in [0.4, 0.5) is 5.69 Å². The first kappa shape index (κ1) is 21.8. The van der Waals surface area contributed by atoms with Gasteiger partial charge in [0.1, 0.15) is 12.4 Å². The van der Waals surface area contributed by atoms with Crippen LogP contribution in [0.1, 0.15) is 18.4 Å². The molecule has 1 heterocycles. The van der Waals surface area contributed by atoms with E-state index in [0.29, 0.717) is 36.8 Å². The first-order valence-electron chi connectivity index (χ1n) is 9.66. The second-order valence-electron chi connectivity index (χ2n) is 6.99. The molecule has 0 fully saturated rings. The maximum absolute atomic E-state index is 12.2. The number of nitrogens with one attached hydrogen (secondary N) is 1. The number of anilines is 1. The Hall–Kier alpha value is -2.94. The monoisotopic (exact) mass is 434 g/mol. The van der Waals surface area contributed by atoms with Crippen molar-refractivity contribution in [1.29, 1.82) is 0 Å². The normalized spacial score (nSPS) is 12.5. The number of ether oxygens (including phenoxy) is 3. The molecule has 2 aromatic carbocycles. The van der Waals surface area contributed by atoms with Gasteiger partial charge in [-0.1, -0.05) is 17.7 Å². The molecular formula is C21H26N2O6S. The number of carbonyl (C=O) groups excluding carboxylic acids is 1. The van der Waals surface area contributed by atoms with Gasteiger partial charge in [-0.15, -0.1) is 0 Å². The predicted octanol–water partition coefficient (Wildman–Crippen LogP) is 2.47. The molecule has 0 saturated carbocycles. The van der Waals surface area contributed by atoms with Gasteiger partial charge in [-0.25, -0.2) is 8.42 Å². The van der Waals surface area contributed by atoms with Gasteiger partial charge in [-0.2, -0.15) is 0 Å². The molecule has 3 rings (SSSR count). The molecule has 1 aliphatic rings. The number of sulfonamides is 1. The SMILES string of the molecule is Cc1ccc(OCCNC(=O)CCCN(c2ccc3c(c2)OCO3)S(C)(=O)=O)cc1. The smallest absolute Gasteiger partial charge is 0.232 e. The van der Waals surface area contributed by atoms with Gasteiger partial charge in [0.15, 0.2) is 11.5 Å². The zero-order chi connectivity index (χ0) is 21.6. The van der Waals surface area contributed by atoms with Gasteiger partial charge < -0.3 is 19.5 Å². The summed E-state index contributed by atoms with van der Waals surface area (Å²) in [6, 6.07) is 12.7. The van der Waals surface area contributed by atoms with E-state index < -0.39 is 10.0 Å². The molecule has 8 nitrogen and oxygen atoms in total. The molecule has 0 aliphatic carbocycles. The molecule has 0 spiro atoms. The molecular weight excluding hydrogens is 408 g/mol. The molecule has 0 saturated heterocycles. The second kappa shape index (κ2) is 9.71. The summed E-state index contributed by atoms with van der Waals surface area (Å²) in [6.45, 7) is 3.05. The summed E-state index contributed by atoms with van der Waals surface area (Å²) in [5.74, 6) is 1.69. The number of hydrogen-bond acceptors (Lipinski definition) is 6. The molecule has 1 aliphatic heterocycles. The zero-order valence-electron chi connectivity index (χ0n) is 17.1. The number of rotatable bonds is 10. The van der Waals surface area contributed by atoms with Crippen LogP contribution >= 0.6 is 0 Å². The maximum Gasteiger partial charge on any atom is 0.232 e. The lowest BCUT2D eigenvalue weighted by Crippen LogP contribution is -2.32. The van der Waals surface area contributed by atoms with Crippen LogP contribution in [-0.2, 0) is 14.8 Å². The molecule has 0 atom stereocenters. The molecule has 0 aromatic heterocycles. The lowest BCUT2D eigenvalue weighted by molar-refractivity contribution is -0.121. The lowest BCUT2D eigenvalue weighted by atomic mass is 10.2. The molecule has 2 aromatic rings. The first-order valence-corrected chi connectivity index (χ1v) is 11.5. The van der Waals surface area contributed by atoms with Gasteiger partial charge in [0, 0.05) is 19.0 Å². The van der Waals surface area contributed by atoms with Crippen LogP contribution in [0.2, 0.25) is 0 Å². The third-order valence-corrected chi connectivity index (χ3v) is 5.72. The van der Waals surface area contributed by atoms with Crippen LogP contribution in [0.3, 0.4) is 0 Å². The van der Waals surface area contributed by atoms with E-state index in [9.17, 15) is 13.2 Å². The standard InChI is InChI=1S/C21H26N2O6S/c1-16-5-8-18(9-6-16)27-13-11-22-21(24)4-3-12-23(30(2,25)26)17-7-10-19-20(14-17)29-15-28-19/h5-10,14H,3-4,11-13,15H2,1-2H3,(H,22,24). The van der Waals surface area contributed by atoms with Crippen molar-refractivity contribution in [2.75, 3.05) is 37.1 Å². The molecule has 0 bridgehead atoms. The lowest BCUT2D eigenvalue weighted by Gasteiger charge is -2.22. The van der Waals surface area contributed by atoms with Crippen molar-refractivity contribution >= 4 is 21.6 Å². The third kappa shape index (κ3) is 6.03.